The summed E-state index contributed by atoms with van der Waals surface area (Å²) in [6, 6.07) is 4.66. The van der Waals surface area contributed by atoms with Crippen LogP contribution in [0.5, 0.6) is 17.4 Å². The van der Waals surface area contributed by atoms with Crippen LogP contribution in [0.15, 0.2) is 30.5 Å². The van der Waals surface area contributed by atoms with Crippen molar-refractivity contribution in [2.45, 2.75) is 37.9 Å². The Morgan fingerprint density at radius 3 is 2.59 bits per heavy atom. The molecule has 3 rings (SSSR count). The molecule has 0 aliphatic carbocycles. The lowest BCUT2D eigenvalue weighted by Crippen LogP contribution is -2.43. The average molecular weight is 626 g/mol. The number of alkyl halides is 3. The Morgan fingerprint density at radius 1 is 1.20 bits per heavy atom. The Labute approximate surface area is 241 Å². The van der Waals surface area contributed by atoms with Gasteiger partial charge in [-0.05, 0) is 30.5 Å². The third-order valence-corrected chi connectivity index (χ3v) is 7.76. The van der Waals surface area contributed by atoms with Gasteiger partial charge in [0, 0.05) is 45.5 Å². The summed E-state index contributed by atoms with van der Waals surface area (Å²) in [5, 5.41) is 1.97. The Morgan fingerprint density at radius 2 is 1.95 bits per heavy atom. The van der Waals surface area contributed by atoms with Gasteiger partial charge in [0.25, 0.3) is 0 Å². The first kappa shape index (κ1) is 32.7. The van der Waals surface area contributed by atoms with Crippen LogP contribution >= 0.6 is 11.6 Å². The zero-order chi connectivity index (χ0) is 30.2. The average Bonchev–Trinajstić information content (AvgIpc) is 3.33. The zero-order valence-electron chi connectivity index (χ0n) is 22.6. The maximum atomic E-state index is 13.1. The van der Waals surface area contributed by atoms with Gasteiger partial charge in [0.15, 0.2) is 0 Å². The summed E-state index contributed by atoms with van der Waals surface area (Å²) in [6.45, 7) is 2.46. The minimum Gasteiger partial charge on any atom is -0.491 e. The number of hydrogen-bond acceptors (Lipinski definition) is 9. The summed E-state index contributed by atoms with van der Waals surface area (Å²) in [5.74, 6) is -0.355. The third-order valence-electron chi connectivity index (χ3n) is 6.10. The maximum Gasteiger partial charge on any atom is 0.423 e. The van der Waals surface area contributed by atoms with E-state index in [0.717, 1.165) is 4.31 Å². The molecular weight excluding hydrogens is 595 g/mol. The van der Waals surface area contributed by atoms with E-state index < -0.39 is 40.1 Å². The van der Waals surface area contributed by atoms with E-state index in [2.05, 4.69) is 10.3 Å². The van der Waals surface area contributed by atoms with Crippen LogP contribution in [-0.2, 0) is 30.1 Å². The number of ether oxygens (including phenoxy) is 4. The molecule has 1 N–H and O–H groups in total. The van der Waals surface area contributed by atoms with Gasteiger partial charge < -0.3 is 28.4 Å². The number of carbonyl (C=O) groups is 1. The lowest BCUT2D eigenvalue weighted by Gasteiger charge is -2.27. The van der Waals surface area contributed by atoms with Crippen LogP contribution in [0.1, 0.15) is 36.8 Å². The number of benzene rings is 1. The summed E-state index contributed by atoms with van der Waals surface area (Å²) in [7, 11) is -1.60. The molecule has 1 aliphatic rings. The Kier molecular flexibility index (Phi) is 11.4. The lowest BCUT2D eigenvalue weighted by atomic mass is 9.91. The topological polar surface area (TPSA) is 126 Å². The van der Waals surface area contributed by atoms with Crippen molar-refractivity contribution in [2.24, 2.45) is 0 Å². The van der Waals surface area contributed by atoms with Crippen molar-refractivity contribution in [1.82, 2.24) is 14.6 Å². The number of nitrogens with one attached hydrogen (secondary N) is 1. The molecule has 0 radical (unpaired) electrons. The molecule has 1 aromatic heterocycles. The van der Waals surface area contributed by atoms with Crippen molar-refractivity contribution in [2.75, 3.05) is 47.1 Å². The molecule has 0 spiro atoms. The molecule has 16 heteroatoms. The van der Waals surface area contributed by atoms with Gasteiger partial charge in [-0.2, -0.15) is 25.9 Å². The first-order chi connectivity index (χ1) is 19.4. The van der Waals surface area contributed by atoms with Crippen LogP contribution in [-0.4, -0.2) is 77.0 Å². The second-order valence-corrected chi connectivity index (χ2v) is 10.8. The van der Waals surface area contributed by atoms with Crippen LogP contribution in [0, 0.1) is 0 Å². The summed E-state index contributed by atoms with van der Waals surface area (Å²) >= 11 is 6.09. The molecule has 41 heavy (non-hydrogen) atoms. The van der Waals surface area contributed by atoms with Crippen molar-refractivity contribution in [1.29, 1.82) is 0 Å². The number of nitrogens with zero attached hydrogens (tertiary/aromatic N) is 2. The predicted octanol–water partition coefficient (Wildman–Crippen LogP) is 4.76. The molecule has 1 aromatic carbocycles. The molecule has 1 fully saturated rings. The quantitative estimate of drug-likeness (QED) is 0.314. The standard InChI is InChI=1S/C25H31ClF3N3O8S/c1-4-8-30-24(33)40-41(34,35)32-9-7-18(21(32)15-37-3)19-6-5-17(38-11-10-36-2)13-22(19)39-23-20(26)12-16(14-31-23)25(27,28)29/h5-6,12-14,18,21H,4,7-11,15H2,1-3H3,(H,30,33)/t18?,21-/m1/s1. The normalized spacial score (nSPS) is 17.8. The minimum absolute atomic E-state index is 0.00704. The van der Waals surface area contributed by atoms with Crippen LogP contribution in [0.4, 0.5) is 18.0 Å². The molecule has 1 amide bonds. The number of halogens is 4. The molecule has 2 heterocycles. The minimum atomic E-state index is -4.66. The fourth-order valence-electron chi connectivity index (χ4n) is 4.24. The van der Waals surface area contributed by atoms with E-state index in [4.69, 9.17) is 34.7 Å². The largest absolute Gasteiger partial charge is 0.491 e. The van der Waals surface area contributed by atoms with E-state index in [-0.39, 0.29) is 49.4 Å². The SMILES string of the molecule is CCCNC(=O)OS(=O)(=O)N1CCC(c2ccc(OCCOC)cc2Oc2ncc(C(F)(F)F)cc2Cl)[C@H]1COC. The molecule has 0 saturated carbocycles. The van der Waals surface area contributed by atoms with Crippen LogP contribution in [0.25, 0.3) is 0 Å². The van der Waals surface area contributed by atoms with Gasteiger partial charge in [0.1, 0.15) is 23.1 Å². The van der Waals surface area contributed by atoms with E-state index in [1.807, 2.05) is 0 Å². The number of amides is 1. The van der Waals surface area contributed by atoms with Crippen molar-refractivity contribution in [3.8, 4) is 17.4 Å². The second kappa shape index (κ2) is 14.4. The van der Waals surface area contributed by atoms with E-state index in [9.17, 15) is 26.4 Å². The first-order valence-electron chi connectivity index (χ1n) is 12.6. The van der Waals surface area contributed by atoms with E-state index >= 15 is 0 Å². The van der Waals surface area contributed by atoms with Crippen LogP contribution in [0.2, 0.25) is 5.02 Å². The Balaban J connectivity index is 1.97. The first-order valence-corrected chi connectivity index (χ1v) is 14.3. The predicted molar refractivity (Wildman–Crippen MR) is 142 cm³/mol. The van der Waals surface area contributed by atoms with Gasteiger partial charge in [-0.3, -0.25) is 0 Å². The molecule has 1 aliphatic heterocycles. The molecule has 1 saturated heterocycles. The number of methoxy groups -OCH3 is 2. The fraction of sp³-hybridized carbons (Fsp3) is 0.520. The molecule has 2 aromatic rings. The van der Waals surface area contributed by atoms with Crippen molar-refractivity contribution in [3.05, 3.63) is 46.6 Å². The van der Waals surface area contributed by atoms with Crippen molar-refractivity contribution >= 4 is 28.0 Å². The van der Waals surface area contributed by atoms with Crippen LogP contribution in [0.3, 0.4) is 0 Å². The number of pyridine rings is 1. The van der Waals surface area contributed by atoms with Gasteiger partial charge in [-0.25, -0.2) is 9.78 Å². The second-order valence-electron chi connectivity index (χ2n) is 8.94. The van der Waals surface area contributed by atoms with Gasteiger partial charge >= 0.3 is 22.6 Å². The third kappa shape index (κ3) is 8.58. The van der Waals surface area contributed by atoms with E-state index in [0.29, 0.717) is 36.6 Å². The molecule has 2 atom stereocenters. The summed E-state index contributed by atoms with van der Waals surface area (Å²) in [5.41, 5.74) is -0.566. The van der Waals surface area contributed by atoms with Gasteiger partial charge in [0.2, 0.25) is 5.88 Å². The number of carbonyl (C=O) groups excluding carboxylic acids is 1. The van der Waals surface area contributed by atoms with Crippen molar-refractivity contribution in [3.63, 3.8) is 0 Å². The van der Waals surface area contributed by atoms with Gasteiger partial charge in [-0.15, -0.1) is 0 Å². The maximum absolute atomic E-state index is 13.1. The fourth-order valence-corrected chi connectivity index (χ4v) is 5.66. The Bertz CT molecular complexity index is 1300. The molecular formula is C25H31ClF3N3O8S. The van der Waals surface area contributed by atoms with E-state index in [1.54, 1.807) is 19.1 Å². The van der Waals surface area contributed by atoms with E-state index in [1.165, 1.54) is 20.3 Å². The Hall–Kier alpha value is -2.85. The van der Waals surface area contributed by atoms with Crippen molar-refractivity contribution < 1.29 is 49.5 Å². The van der Waals surface area contributed by atoms with Gasteiger partial charge in [0.05, 0.1) is 24.8 Å². The highest BCUT2D eigenvalue weighted by atomic mass is 35.5. The smallest absolute Gasteiger partial charge is 0.423 e. The number of hydrogen-bond donors (Lipinski definition) is 1. The van der Waals surface area contributed by atoms with Crippen LogP contribution < -0.4 is 14.8 Å². The summed E-state index contributed by atoms with van der Waals surface area (Å²) in [4.78, 5) is 15.8. The molecule has 11 nitrogen and oxygen atoms in total. The lowest BCUT2D eigenvalue weighted by molar-refractivity contribution is -0.137. The monoisotopic (exact) mass is 625 g/mol. The highest BCUT2D eigenvalue weighted by molar-refractivity contribution is 7.84. The highest BCUT2D eigenvalue weighted by Gasteiger charge is 2.44. The summed E-state index contributed by atoms with van der Waals surface area (Å²) in [6.07, 6.45) is -4.30. The zero-order valence-corrected chi connectivity index (χ0v) is 24.1. The highest BCUT2D eigenvalue weighted by Crippen LogP contribution is 2.43. The summed E-state index contributed by atoms with van der Waals surface area (Å²) < 4.78 is 93.0. The molecule has 0 bridgehead atoms. The molecule has 228 valence electrons. The molecule has 1 unspecified atom stereocenters. The number of aromatic nitrogens is 1. The van der Waals surface area contributed by atoms with Gasteiger partial charge in [-0.1, -0.05) is 24.6 Å². The number of rotatable bonds is 13.